The SMILES string of the molecule is C#C[C@@H](O)/C=C/CCCCCCC#C[C@H](O)C#C/C=C/CC/C=C\CCCC/C=C\CCCCCCCCCCCCCC[C@@H](O)C#C. The highest BCUT2D eigenvalue weighted by atomic mass is 16.3. The summed E-state index contributed by atoms with van der Waals surface area (Å²) in [7, 11) is 0. The van der Waals surface area contributed by atoms with E-state index in [1.165, 1.54) is 96.3 Å². The minimum absolute atomic E-state index is 0.546. The molecule has 3 N–H and O–H groups in total. The van der Waals surface area contributed by atoms with Crippen molar-refractivity contribution in [2.24, 2.45) is 0 Å². The molecule has 0 aromatic rings. The summed E-state index contributed by atoms with van der Waals surface area (Å²) in [6, 6.07) is 0. The van der Waals surface area contributed by atoms with Crippen LogP contribution in [0.3, 0.4) is 0 Å². The molecule has 0 aliphatic carbocycles. The molecule has 3 atom stereocenters. The van der Waals surface area contributed by atoms with E-state index in [1.807, 2.05) is 18.2 Å². The second kappa shape index (κ2) is 38.5. The highest BCUT2D eigenvalue weighted by molar-refractivity contribution is 5.24. The van der Waals surface area contributed by atoms with Crippen LogP contribution in [0.4, 0.5) is 0 Å². The summed E-state index contributed by atoms with van der Waals surface area (Å²) in [5, 5.41) is 28.5. The number of rotatable bonds is 30. The molecular formula is C45H68O3. The topological polar surface area (TPSA) is 60.7 Å². The molecule has 0 aliphatic heterocycles. The van der Waals surface area contributed by atoms with Crippen LogP contribution in [0.15, 0.2) is 48.6 Å². The molecule has 0 aromatic heterocycles. The van der Waals surface area contributed by atoms with Gasteiger partial charge < -0.3 is 15.3 Å². The van der Waals surface area contributed by atoms with Gasteiger partial charge in [0.15, 0.2) is 6.10 Å². The van der Waals surface area contributed by atoms with Crippen LogP contribution in [-0.4, -0.2) is 33.6 Å². The Morgan fingerprint density at radius 2 is 0.917 bits per heavy atom. The predicted molar refractivity (Wildman–Crippen MR) is 208 cm³/mol. The van der Waals surface area contributed by atoms with E-state index in [9.17, 15) is 15.3 Å². The van der Waals surface area contributed by atoms with Crippen molar-refractivity contribution in [3.63, 3.8) is 0 Å². The summed E-state index contributed by atoms with van der Waals surface area (Å²) in [6.07, 6.45) is 55.4. The summed E-state index contributed by atoms with van der Waals surface area (Å²) in [6.45, 7) is 0. The molecule has 48 heavy (non-hydrogen) atoms. The summed E-state index contributed by atoms with van der Waals surface area (Å²) in [4.78, 5) is 0. The standard InChI is InChI=1S/C45H68O3/c1-3-43(46)39-35-31-27-23-21-19-17-15-13-11-9-7-5-6-8-10-12-14-16-18-20-22-24-29-33-37-41-45(48)42-38-34-30-26-25-28-32-36-40-44(47)4-2/h1-2,6,8,18,20,29,33,36,40,43-48H,5,7,9-17,19,21-28,30-32,34-35,39H2/b8-6-,20-18-,33-29+,40-36+/t43-,44+,45+/m0/s1. The molecule has 3 nitrogen and oxygen atoms in total. The van der Waals surface area contributed by atoms with Gasteiger partial charge in [0.25, 0.3) is 0 Å². The Labute approximate surface area is 296 Å². The van der Waals surface area contributed by atoms with E-state index >= 15 is 0 Å². The Hall–Kier alpha value is -2.92. The average molecular weight is 657 g/mol. The van der Waals surface area contributed by atoms with Gasteiger partial charge in [-0.15, -0.1) is 12.8 Å². The van der Waals surface area contributed by atoms with Crippen LogP contribution in [0.1, 0.15) is 167 Å². The van der Waals surface area contributed by atoms with E-state index in [-0.39, 0.29) is 0 Å². The van der Waals surface area contributed by atoms with Gasteiger partial charge in [0.05, 0.1) is 0 Å². The third kappa shape index (κ3) is 37.5. The maximum Gasteiger partial charge on any atom is 0.176 e. The predicted octanol–water partition coefficient (Wildman–Crippen LogP) is 10.7. The van der Waals surface area contributed by atoms with E-state index in [0.717, 1.165) is 70.6 Å². The lowest BCUT2D eigenvalue weighted by Crippen LogP contribution is -2.01. The van der Waals surface area contributed by atoms with Crippen molar-refractivity contribution in [3.8, 4) is 48.4 Å². The van der Waals surface area contributed by atoms with Gasteiger partial charge in [0.2, 0.25) is 0 Å². The molecule has 3 heteroatoms. The maximum absolute atomic E-state index is 9.87. The minimum Gasteiger partial charge on any atom is -0.380 e. The van der Waals surface area contributed by atoms with E-state index in [4.69, 9.17) is 12.8 Å². The zero-order valence-electron chi connectivity index (χ0n) is 30.2. The van der Waals surface area contributed by atoms with Crippen molar-refractivity contribution in [1.29, 1.82) is 0 Å². The van der Waals surface area contributed by atoms with Crippen molar-refractivity contribution in [1.82, 2.24) is 0 Å². The molecule has 0 saturated heterocycles. The second-order valence-electron chi connectivity index (χ2n) is 12.7. The first-order chi connectivity index (χ1) is 23.6. The van der Waals surface area contributed by atoms with Crippen molar-refractivity contribution >= 4 is 0 Å². The summed E-state index contributed by atoms with van der Waals surface area (Å²) in [5.41, 5.74) is 0. The first-order valence-corrected chi connectivity index (χ1v) is 19.2. The van der Waals surface area contributed by atoms with Crippen molar-refractivity contribution in [2.45, 2.75) is 185 Å². The lowest BCUT2D eigenvalue weighted by Gasteiger charge is -2.04. The number of hydrogen-bond acceptors (Lipinski definition) is 3. The fourth-order valence-electron chi connectivity index (χ4n) is 5.22. The molecule has 0 bridgehead atoms. The monoisotopic (exact) mass is 657 g/mol. The van der Waals surface area contributed by atoms with Crippen LogP contribution in [0.25, 0.3) is 0 Å². The fraction of sp³-hybridized carbons (Fsp3) is 0.644. The van der Waals surface area contributed by atoms with E-state index in [2.05, 4.69) is 59.8 Å². The van der Waals surface area contributed by atoms with Gasteiger partial charge in [-0.1, -0.05) is 149 Å². The fourth-order valence-corrected chi connectivity index (χ4v) is 5.22. The van der Waals surface area contributed by atoms with E-state index in [1.54, 1.807) is 6.08 Å². The number of terminal acetylenes is 2. The zero-order chi connectivity index (χ0) is 35.0. The van der Waals surface area contributed by atoms with Gasteiger partial charge in [0, 0.05) is 6.42 Å². The Morgan fingerprint density at radius 3 is 1.48 bits per heavy atom. The first kappa shape index (κ1) is 45.1. The molecule has 0 saturated carbocycles. The minimum atomic E-state index is -0.886. The second-order valence-corrected chi connectivity index (χ2v) is 12.7. The number of aliphatic hydroxyl groups is 3. The number of aliphatic hydroxyl groups excluding tert-OH is 3. The molecule has 0 heterocycles. The molecule has 0 aliphatic rings. The van der Waals surface area contributed by atoms with Crippen LogP contribution in [0.2, 0.25) is 0 Å². The summed E-state index contributed by atoms with van der Waals surface area (Å²) in [5.74, 6) is 16.1. The molecule has 0 fully saturated rings. The van der Waals surface area contributed by atoms with Crippen LogP contribution in [0, 0.1) is 48.4 Å². The van der Waals surface area contributed by atoms with Crippen LogP contribution >= 0.6 is 0 Å². The average Bonchev–Trinajstić information content (AvgIpc) is 3.09. The molecule has 0 unspecified atom stereocenters. The smallest absolute Gasteiger partial charge is 0.176 e. The van der Waals surface area contributed by atoms with E-state index in [0.29, 0.717) is 0 Å². The van der Waals surface area contributed by atoms with Crippen molar-refractivity contribution < 1.29 is 15.3 Å². The number of allylic oxidation sites excluding steroid dienone is 7. The zero-order valence-corrected chi connectivity index (χ0v) is 30.2. The van der Waals surface area contributed by atoms with Gasteiger partial charge in [-0.3, -0.25) is 0 Å². The Morgan fingerprint density at radius 1 is 0.458 bits per heavy atom. The van der Waals surface area contributed by atoms with Crippen LogP contribution in [-0.2, 0) is 0 Å². The van der Waals surface area contributed by atoms with Crippen molar-refractivity contribution in [2.75, 3.05) is 0 Å². The molecule has 0 rings (SSSR count). The normalized spacial score (nSPS) is 13.3. The number of unbranched alkanes of at least 4 members (excludes halogenated alkanes) is 21. The third-order valence-electron chi connectivity index (χ3n) is 8.19. The molecule has 0 spiro atoms. The van der Waals surface area contributed by atoms with Crippen molar-refractivity contribution in [3.05, 3.63) is 48.6 Å². The van der Waals surface area contributed by atoms with Gasteiger partial charge in [-0.05, 0) is 95.6 Å². The number of hydrogen-bond donors (Lipinski definition) is 3. The Kier molecular flexibility index (Phi) is 36.2. The van der Waals surface area contributed by atoms with Gasteiger partial charge in [-0.2, -0.15) is 0 Å². The van der Waals surface area contributed by atoms with Gasteiger partial charge in [0.1, 0.15) is 12.2 Å². The molecule has 0 amide bonds. The molecule has 0 radical (unpaired) electrons. The maximum atomic E-state index is 9.87. The Bertz CT molecular complexity index is 1040. The Balaban J connectivity index is 3.47. The molecule has 0 aromatic carbocycles. The van der Waals surface area contributed by atoms with E-state index < -0.39 is 18.3 Å². The molecular weight excluding hydrogens is 588 g/mol. The highest BCUT2D eigenvalue weighted by Crippen LogP contribution is 2.14. The lowest BCUT2D eigenvalue weighted by atomic mass is 10.0. The van der Waals surface area contributed by atoms with Crippen LogP contribution < -0.4 is 0 Å². The first-order valence-electron chi connectivity index (χ1n) is 19.2. The summed E-state index contributed by atoms with van der Waals surface area (Å²) >= 11 is 0. The lowest BCUT2D eigenvalue weighted by molar-refractivity contribution is 0.217. The highest BCUT2D eigenvalue weighted by Gasteiger charge is 1.98. The summed E-state index contributed by atoms with van der Waals surface area (Å²) < 4.78 is 0. The van der Waals surface area contributed by atoms with Gasteiger partial charge in [-0.25, -0.2) is 0 Å². The third-order valence-corrected chi connectivity index (χ3v) is 8.19. The quantitative estimate of drug-likeness (QED) is 0.0410. The largest absolute Gasteiger partial charge is 0.380 e. The van der Waals surface area contributed by atoms with Gasteiger partial charge >= 0.3 is 0 Å². The van der Waals surface area contributed by atoms with Crippen LogP contribution in [0.5, 0.6) is 0 Å². The molecule has 266 valence electrons.